The van der Waals surface area contributed by atoms with Gasteiger partial charge in [0.1, 0.15) is 17.4 Å². The Morgan fingerprint density at radius 2 is 0.840 bits per heavy atom. The molecule has 8 aliphatic rings. The van der Waals surface area contributed by atoms with Gasteiger partial charge in [-0.1, -0.05) is 143 Å². The molecule has 0 atom stereocenters. The van der Waals surface area contributed by atoms with Gasteiger partial charge in [0.25, 0.3) is 22.3 Å². The first-order valence-electron chi connectivity index (χ1n) is 41.0. The number of nitrogens with zero attached hydrogens (tertiary/aromatic N) is 6. The third-order valence-corrected chi connectivity index (χ3v) is 24.7. The molecular weight excluding hydrogens is 1990 g/mol. The monoisotopic (exact) mass is 2070 g/mol. The molecule has 12 aromatic rings. The van der Waals surface area contributed by atoms with E-state index in [2.05, 4.69) is 103 Å². The number of halogens is 10. The van der Waals surface area contributed by atoms with Gasteiger partial charge in [-0.2, -0.15) is 29.8 Å². The van der Waals surface area contributed by atoms with Crippen LogP contribution in [0.4, 0.5) is 8.78 Å². The third-order valence-electron chi connectivity index (χ3n) is 21.8. The molecule has 20 rings (SSSR count). The van der Waals surface area contributed by atoms with Gasteiger partial charge >= 0.3 is 30.8 Å². The van der Waals surface area contributed by atoms with Gasteiger partial charge in [-0.3, -0.25) is 34.2 Å². The number of aromatic amines is 2. The van der Waals surface area contributed by atoms with Gasteiger partial charge in [0, 0.05) is 102 Å². The number of hydrogen-bond donors (Lipinski definition) is 5. The molecule has 3 saturated carbocycles. The van der Waals surface area contributed by atoms with Crippen LogP contribution >= 0.6 is 106 Å². The number of aromatic nitrogens is 8. The summed E-state index contributed by atoms with van der Waals surface area (Å²) in [5.74, 6) is -2.38. The number of hydrogen-bond acceptors (Lipinski definition) is 20. The Hall–Kier alpha value is -9.44. The fourth-order valence-corrected chi connectivity index (χ4v) is 16.9. The number of carboxylic acid groups (broad SMARTS) is 1. The number of H-pyrrole nitrogens is 2. The first kappa shape index (κ1) is 104. The molecule has 4 fully saturated rings. The zero-order valence-electron chi connectivity index (χ0n) is 70.7. The average Bonchev–Trinajstić information content (AvgIpc) is 1.60. The zero-order chi connectivity index (χ0) is 90.8. The minimum Gasteiger partial charge on any atom is -0.870 e. The van der Waals surface area contributed by atoms with Crippen LogP contribution in [-0.4, -0.2) is 142 Å². The predicted molar refractivity (Wildman–Crippen MR) is 497 cm³/mol. The van der Waals surface area contributed by atoms with Gasteiger partial charge in [-0.05, 0) is 219 Å². The van der Waals surface area contributed by atoms with E-state index in [9.17, 15) is 38.0 Å². The minimum atomic E-state index is -1.21. The third kappa shape index (κ3) is 26.2. The summed E-state index contributed by atoms with van der Waals surface area (Å²) in [6, 6.07) is 47.4. The maximum atomic E-state index is 15.1. The molecule has 3 aliphatic carbocycles. The predicted octanol–water partition coefficient (Wildman–Crippen LogP) is 19.3. The molecule has 8 aromatic carbocycles. The van der Waals surface area contributed by atoms with E-state index in [0.29, 0.717) is 149 Å². The van der Waals surface area contributed by atoms with E-state index >= 15 is 4.39 Å². The van der Waals surface area contributed by atoms with E-state index in [0.717, 1.165) is 140 Å². The van der Waals surface area contributed by atoms with Crippen LogP contribution in [0.5, 0.6) is 0 Å². The van der Waals surface area contributed by atoms with Crippen molar-refractivity contribution in [3.8, 4) is 45.0 Å². The van der Waals surface area contributed by atoms with Crippen LogP contribution in [-0.2, 0) is 85.3 Å². The number of ketones is 1. The van der Waals surface area contributed by atoms with Crippen molar-refractivity contribution in [2.75, 3.05) is 46.2 Å². The van der Waals surface area contributed by atoms with Gasteiger partial charge < -0.3 is 44.5 Å². The number of rotatable bonds is 14. The smallest absolute Gasteiger partial charge is 0.870 e. The number of carbonyl (C=O) groups is 7. The molecule has 9 heterocycles. The Kier molecular flexibility index (Phi) is 38.8. The maximum Gasteiger partial charge on any atom is 1.00 e. The van der Waals surface area contributed by atoms with Gasteiger partial charge in [0.15, 0.2) is 0 Å². The number of fused-ring (bicyclic) bond motifs is 4. The van der Waals surface area contributed by atoms with Crippen LogP contribution in [0.1, 0.15) is 201 Å². The van der Waals surface area contributed by atoms with E-state index < -0.39 is 34.1 Å². The summed E-state index contributed by atoms with van der Waals surface area (Å²) in [7, 11) is 0. The van der Waals surface area contributed by atoms with Crippen molar-refractivity contribution >= 4 is 146 Å². The molecule has 0 spiro atoms. The molecule has 1 saturated heterocycles. The number of nitrogens with one attached hydrogen (secondary N) is 4. The zero-order valence-corrected chi connectivity index (χ0v) is 79.3. The van der Waals surface area contributed by atoms with Crippen LogP contribution in [0.3, 0.4) is 0 Å². The van der Waals surface area contributed by atoms with E-state index in [1.54, 1.807) is 49.4 Å². The Labute approximate surface area is 815 Å². The SMILES string of the molecule is Brc1ccc(-c2n[nH]c3c2COCC3)cc1.Brc1ccc(-c2n[nH]c3c2COCC3)cc1.CCOC(=O)c1ccc(-c2nn(C(=O)c3c(Cl)cccc3C3CC3)c3c2CCOC3)c(F)c1.N=N.O.O=C(Cl)c1c(Cl)cccc1C1CC1.O=C(Cl)c1ccc(Br)cc1.O=C(O)c1ccc(-c2nn(C(=O)c3c(Cl)cccc3C3CC3)c3c2CCOC3)c(F)c1.O=C1CCOCC1.[HH].[Li+].[OH-]. The standard InChI is InChI=1S/C25H22ClFN2O4.C23H18ClFN2O4.2C12H11BrN2O.C10H8Cl2O.C7H4BrClO.C5H8O2.Li.H2N2.2H2O.H2/c1-2-33-25(31)15-8-9-17(20(27)12-15)23-18-10-11-32-13-21(18)29(28-23)24(30)22-16(14-6-7-14)4-3-5-19(22)26;24-17-3-1-2-14(12-4-5-12)20(17)22(28)27-19-11-31-9-8-16(19)21(26-27)15-7-6-13(23(29)30)10-18(15)25;2*13-9-3-1-8(2-4-9)12-10-7-16-6-5-11(10)14-15-12;11-8-3-1-2-7(6-4-5-6)9(8)10(12)13;8-6-3-1-5(2-4-6)7(9)10;6-5-1-3-7-4-2-5;;1-2;;;/h3-5,8-9,12,14H,2,6-7,10-11,13H2,1H3;1-3,6-7,10,12H,4-5,8-9,11H2,(H,29,30);2*1-4H,5-7H2,(H,14,15);1-3,6H,4-5H2;1-4H;1-4H2;;1-2H;2*1H2;1H/q;;;;;;;+1;;;;/p-1. The van der Waals surface area contributed by atoms with E-state index in [-0.39, 0.29) is 85.1 Å². The summed E-state index contributed by atoms with van der Waals surface area (Å²) in [4.78, 5) is 82.3. The first-order valence-corrected chi connectivity index (χ1v) is 45.3. The topological polar surface area (TPSA) is 397 Å². The molecule has 4 aromatic heterocycles. The van der Waals surface area contributed by atoms with Gasteiger partial charge in [-0.25, -0.2) is 29.4 Å². The molecule has 8 N–H and O–H groups in total. The van der Waals surface area contributed by atoms with E-state index in [4.69, 9.17) is 103 Å². The van der Waals surface area contributed by atoms with Crippen molar-refractivity contribution in [1.82, 2.24) is 40.0 Å². The first-order chi connectivity index (χ1) is 61.9. The average molecular weight is 2080 g/mol. The number of esters is 1. The van der Waals surface area contributed by atoms with Crippen molar-refractivity contribution in [2.45, 2.75) is 128 Å². The molecule has 5 aliphatic heterocycles. The largest absolute Gasteiger partial charge is 1.00 e. The number of Topliss-reactive ketones (excluding diaryl/α,β-unsaturated/α-hetero) is 1. The molecule has 0 radical (unpaired) electrons. The molecule has 131 heavy (non-hydrogen) atoms. The fraction of sp³-hybridized carbons (Fsp3) is 0.287. The molecule has 0 unspecified atom stereocenters. The molecule has 26 nitrogen and oxygen atoms in total. The van der Waals surface area contributed by atoms with Crippen LogP contribution in [0.2, 0.25) is 15.1 Å². The van der Waals surface area contributed by atoms with E-state index in [1.165, 1.54) is 56.1 Å². The van der Waals surface area contributed by atoms with Crippen LogP contribution < -0.4 is 18.9 Å². The minimum absolute atomic E-state index is 0. The molecule has 682 valence electrons. The van der Waals surface area contributed by atoms with Crippen molar-refractivity contribution < 1.29 is 107 Å². The molecular formula is C94H89Br3Cl5F2LiN10O16. The second-order valence-corrected chi connectivity index (χ2v) is 35.0. The second-order valence-electron chi connectivity index (χ2n) is 30.3. The Bertz CT molecular complexity index is 6000. The Morgan fingerprint density at radius 3 is 1.21 bits per heavy atom. The number of ether oxygens (including phenoxy) is 6. The number of benzene rings is 8. The van der Waals surface area contributed by atoms with Crippen molar-refractivity contribution in [1.29, 1.82) is 11.1 Å². The molecule has 37 heteroatoms. The summed E-state index contributed by atoms with van der Waals surface area (Å²) in [6.07, 6.45) is 10.4. The van der Waals surface area contributed by atoms with Crippen LogP contribution in [0.15, 0.2) is 177 Å². The Morgan fingerprint density at radius 1 is 0.481 bits per heavy atom. The molecule has 0 amide bonds. The summed E-state index contributed by atoms with van der Waals surface area (Å²) >= 11 is 39.5. The maximum absolute atomic E-state index is 15.1. The number of carbonyl (C=O) groups excluding carboxylic acids is 6. The van der Waals surface area contributed by atoms with Gasteiger partial charge in [-0.15, -0.1) is 0 Å². The van der Waals surface area contributed by atoms with Crippen LogP contribution in [0.25, 0.3) is 45.0 Å². The van der Waals surface area contributed by atoms with Crippen molar-refractivity contribution in [3.05, 3.63) is 299 Å². The normalized spacial score (nSPS) is 14.7. The number of carboxylic acids is 1. The van der Waals surface area contributed by atoms with Gasteiger partial charge in [0.05, 0.1) is 150 Å². The summed E-state index contributed by atoms with van der Waals surface area (Å²) in [5, 5.41) is 33.4. The van der Waals surface area contributed by atoms with Crippen molar-refractivity contribution in [2.24, 2.45) is 0 Å². The van der Waals surface area contributed by atoms with Crippen LogP contribution in [0, 0.1) is 22.7 Å². The Balaban J connectivity index is 0.000000181. The summed E-state index contributed by atoms with van der Waals surface area (Å²) in [5.41, 5.74) is 27.5. The number of aromatic carboxylic acids is 1. The quantitative estimate of drug-likeness (QED) is 0.0292. The fourth-order valence-electron chi connectivity index (χ4n) is 14.9. The summed E-state index contributed by atoms with van der Waals surface area (Å²) in [6.45, 7) is 7.30. The van der Waals surface area contributed by atoms with Gasteiger partial charge in [0.2, 0.25) is 0 Å². The van der Waals surface area contributed by atoms with Crippen molar-refractivity contribution in [3.63, 3.8) is 0 Å². The molecule has 0 bridgehead atoms. The second kappa shape index (κ2) is 49.0. The van der Waals surface area contributed by atoms with E-state index in [1.807, 2.05) is 60.7 Å². The summed E-state index contributed by atoms with van der Waals surface area (Å²) < 4.78 is 67.5.